The van der Waals surface area contributed by atoms with E-state index < -0.39 is 0 Å². The van der Waals surface area contributed by atoms with E-state index in [4.69, 9.17) is 0 Å². The van der Waals surface area contributed by atoms with E-state index in [1.165, 1.54) is 45.6 Å². The molecule has 0 radical (unpaired) electrons. The van der Waals surface area contributed by atoms with Crippen molar-refractivity contribution >= 4 is 5.78 Å². The normalized spacial score (nSPS) is 32.8. The Kier molecular flexibility index (Phi) is 5.00. The zero-order chi connectivity index (χ0) is 14.8. The molecule has 0 bridgehead atoms. The van der Waals surface area contributed by atoms with Gasteiger partial charge in [0.1, 0.15) is 5.78 Å². The van der Waals surface area contributed by atoms with Crippen molar-refractivity contribution in [1.29, 1.82) is 0 Å². The zero-order valence-electron chi connectivity index (χ0n) is 13.9. The van der Waals surface area contributed by atoms with Gasteiger partial charge in [-0.05, 0) is 43.4 Å². The molecule has 1 heterocycles. The second-order valence-corrected chi connectivity index (χ2v) is 7.99. The third-order valence-corrected chi connectivity index (χ3v) is 5.90. The Balaban J connectivity index is 1.43. The van der Waals surface area contributed by atoms with Gasteiger partial charge in [-0.3, -0.25) is 4.79 Å². The number of rotatable bonds is 5. The Labute approximate surface area is 130 Å². The summed E-state index contributed by atoms with van der Waals surface area (Å²) in [7, 11) is 0. The predicted molar refractivity (Wildman–Crippen MR) is 86.3 cm³/mol. The number of hydrogen-bond donors (Lipinski definition) is 0. The third-order valence-electron chi connectivity index (χ3n) is 5.90. The first-order valence-corrected chi connectivity index (χ1v) is 9.09. The summed E-state index contributed by atoms with van der Waals surface area (Å²) in [4.78, 5) is 17.4. The van der Waals surface area contributed by atoms with Crippen LogP contribution in [0.3, 0.4) is 0 Å². The van der Waals surface area contributed by atoms with Gasteiger partial charge in [-0.25, -0.2) is 0 Å². The first-order valence-electron chi connectivity index (χ1n) is 9.09. The Hall–Kier alpha value is -0.410. The Morgan fingerprint density at radius 3 is 2.19 bits per heavy atom. The van der Waals surface area contributed by atoms with Crippen LogP contribution in [0.25, 0.3) is 0 Å². The lowest BCUT2D eigenvalue weighted by atomic mass is 9.75. The summed E-state index contributed by atoms with van der Waals surface area (Å²) >= 11 is 0. The standard InChI is InChI=1S/C18H32N2O/c1-14(2)16-5-6-18(21)17(11-16)13-20-9-7-19(8-10-20)12-15-3-4-15/h14-17H,3-13H2,1-2H3. The molecule has 120 valence electrons. The minimum Gasteiger partial charge on any atom is -0.301 e. The van der Waals surface area contributed by atoms with Crippen LogP contribution in [-0.2, 0) is 4.79 Å². The van der Waals surface area contributed by atoms with E-state index >= 15 is 0 Å². The monoisotopic (exact) mass is 292 g/mol. The van der Waals surface area contributed by atoms with Crippen LogP contribution in [0, 0.1) is 23.7 Å². The number of Topliss-reactive ketones (excluding diaryl/α,β-unsaturated/α-hetero) is 1. The maximum absolute atomic E-state index is 12.2. The number of carbonyl (C=O) groups excluding carboxylic acids is 1. The lowest BCUT2D eigenvalue weighted by Crippen LogP contribution is -2.49. The average Bonchev–Trinajstić information content (AvgIpc) is 3.27. The molecule has 2 saturated carbocycles. The minimum absolute atomic E-state index is 0.320. The van der Waals surface area contributed by atoms with Crippen molar-refractivity contribution < 1.29 is 4.79 Å². The van der Waals surface area contributed by atoms with E-state index in [0.717, 1.165) is 43.6 Å². The SMILES string of the molecule is CC(C)C1CCC(=O)C(CN2CCN(CC3CC3)CC2)C1. The van der Waals surface area contributed by atoms with Crippen LogP contribution in [-0.4, -0.2) is 54.9 Å². The van der Waals surface area contributed by atoms with Gasteiger partial charge in [0.05, 0.1) is 0 Å². The number of carbonyl (C=O) groups is 1. The fraction of sp³-hybridized carbons (Fsp3) is 0.944. The van der Waals surface area contributed by atoms with Crippen LogP contribution in [0.2, 0.25) is 0 Å². The smallest absolute Gasteiger partial charge is 0.137 e. The highest BCUT2D eigenvalue weighted by molar-refractivity contribution is 5.82. The molecule has 0 spiro atoms. The summed E-state index contributed by atoms with van der Waals surface area (Å²) < 4.78 is 0. The van der Waals surface area contributed by atoms with Gasteiger partial charge in [-0.15, -0.1) is 0 Å². The average molecular weight is 292 g/mol. The molecule has 21 heavy (non-hydrogen) atoms. The molecule has 3 aliphatic rings. The Bertz CT molecular complexity index is 356. The molecule has 3 rings (SSSR count). The summed E-state index contributed by atoms with van der Waals surface area (Å²) in [5.74, 6) is 3.36. The van der Waals surface area contributed by atoms with E-state index in [-0.39, 0.29) is 0 Å². The Morgan fingerprint density at radius 2 is 1.62 bits per heavy atom. The molecule has 2 atom stereocenters. The molecule has 2 aliphatic carbocycles. The van der Waals surface area contributed by atoms with Crippen molar-refractivity contribution in [2.75, 3.05) is 39.3 Å². The van der Waals surface area contributed by atoms with Crippen LogP contribution in [0.4, 0.5) is 0 Å². The highest BCUT2D eigenvalue weighted by atomic mass is 16.1. The van der Waals surface area contributed by atoms with Crippen LogP contribution < -0.4 is 0 Å². The first kappa shape index (κ1) is 15.5. The fourth-order valence-electron chi connectivity index (χ4n) is 4.06. The van der Waals surface area contributed by atoms with Crippen LogP contribution in [0.1, 0.15) is 46.0 Å². The number of ketones is 1. The van der Waals surface area contributed by atoms with Crippen molar-refractivity contribution in [3.8, 4) is 0 Å². The fourth-order valence-corrected chi connectivity index (χ4v) is 4.06. The molecule has 1 aliphatic heterocycles. The largest absolute Gasteiger partial charge is 0.301 e. The Morgan fingerprint density at radius 1 is 1.00 bits per heavy atom. The third kappa shape index (κ3) is 4.29. The summed E-state index contributed by atoms with van der Waals surface area (Å²) in [6, 6.07) is 0. The van der Waals surface area contributed by atoms with E-state index in [9.17, 15) is 4.79 Å². The van der Waals surface area contributed by atoms with Gasteiger partial charge >= 0.3 is 0 Å². The maximum atomic E-state index is 12.2. The van der Waals surface area contributed by atoms with Gasteiger partial charge in [-0.2, -0.15) is 0 Å². The van der Waals surface area contributed by atoms with E-state index in [2.05, 4.69) is 23.6 Å². The minimum atomic E-state index is 0.320. The van der Waals surface area contributed by atoms with Gasteiger partial charge in [-0.1, -0.05) is 13.8 Å². The molecule has 0 aromatic rings. The molecule has 2 unspecified atom stereocenters. The van der Waals surface area contributed by atoms with Crippen LogP contribution in [0.15, 0.2) is 0 Å². The number of piperazine rings is 1. The van der Waals surface area contributed by atoms with Crippen molar-refractivity contribution in [3.63, 3.8) is 0 Å². The van der Waals surface area contributed by atoms with Gasteiger partial charge < -0.3 is 9.80 Å². The number of hydrogen-bond acceptors (Lipinski definition) is 3. The van der Waals surface area contributed by atoms with Gasteiger partial charge in [0.15, 0.2) is 0 Å². The summed E-state index contributed by atoms with van der Waals surface area (Å²) in [6.07, 6.45) is 6.00. The molecule has 1 saturated heterocycles. The zero-order valence-corrected chi connectivity index (χ0v) is 13.9. The van der Waals surface area contributed by atoms with Crippen molar-refractivity contribution in [2.24, 2.45) is 23.7 Å². The maximum Gasteiger partial charge on any atom is 0.137 e. The van der Waals surface area contributed by atoms with Crippen molar-refractivity contribution in [3.05, 3.63) is 0 Å². The van der Waals surface area contributed by atoms with E-state index in [1.807, 2.05) is 0 Å². The molecule has 0 aromatic carbocycles. The van der Waals surface area contributed by atoms with Gasteiger partial charge in [0.25, 0.3) is 0 Å². The molecular weight excluding hydrogens is 260 g/mol. The lowest BCUT2D eigenvalue weighted by Gasteiger charge is -2.38. The topological polar surface area (TPSA) is 23.6 Å². The van der Waals surface area contributed by atoms with Gasteiger partial charge in [0, 0.05) is 51.6 Å². The van der Waals surface area contributed by atoms with Crippen LogP contribution >= 0.6 is 0 Å². The quantitative estimate of drug-likeness (QED) is 0.778. The summed E-state index contributed by atoms with van der Waals surface area (Å²) in [5.41, 5.74) is 0. The molecule has 3 fully saturated rings. The predicted octanol–water partition coefficient (Wildman–Crippen LogP) is 2.66. The lowest BCUT2D eigenvalue weighted by molar-refractivity contribution is -0.126. The number of nitrogens with zero attached hydrogens (tertiary/aromatic N) is 2. The van der Waals surface area contributed by atoms with E-state index in [1.54, 1.807) is 0 Å². The second-order valence-electron chi connectivity index (χ2n) is 7.99. The highest BCUT2D eigenvalue weighted by Crippen LogP contribution is 2.33. The van der Waals surface area contributed by atoms with E-state index in [0.29, 0.717) is 11.7 Å². The molecule has 3 nitrogen and oxygen atoms in total. The molecule has 0 N–H and O–H groups in total. The van der Waals surface area contributed by atoms with Crippen molar-refractivity contribution in [1.82, 2.24) is 9.80 Å². The van der Waals surface area contributed by atoms with Crippen molar-refractivity contribution in [2.45, 2.75) is 46.0 Å². The summed E-state index contributed by atoms with van der Waals surface area (Å²) in [6.45, 7) is 11.7. The van der Waals surface area contributed by atoms with Gasteiger partial charge in [0.2, 0.25) is 0 Å². The summed E-state index contributed by atoms with van der Waals surface area (Å²) in [5, 5.41) is 0. The highest BCUT2D eigenvalue weighted by Gasteiger charge is 2.32. The first-order chi connectivity index (χ1) is 10.1. The molecular formula is C18H32N2O. The van der Waals surface area contributed by atoms with Crippen LogP contribution in [0.5, 0.6) is 0 Å². The molecule has 0 aromatic heterocycles. The molecule has 3 heteroatoms. The second kappa shape index (κ2) is 6.78. The molecule has 0 amide bonds.